The number of aliphatic hydroxyl groups excluding tert-OH is 1. The van der Waals surface area contributed by atoms with E-state index in [1.165, 1.54) is 52.4 Å². The van der Waals surface area contributed by atoms with E-state index in [1.54, 1.807) is 18.2 Å². The summed E-state index contributed by atoms with van der Waals surface area (Å²) < 4.78 is 43.9. The standard InChI is InChI=1S/C25H22ClF3N10O3/c1-2-37-18(9-11-32-37)23(41)33-21-17(4-3-10-30-21)39-14-31-20(34-39)13-38-24(42)36(12-19(40)25(27,28)29)22(35-38)15-5-7-16(26)8-6-15/h3-11,14,19,40H,2,12-13H2,1H3,(H,30,33,41)/t19-/m0/s1. The third kappa shape index (κ3) is 5.94. The fourth-order valence-electron chi connectivity index (χ4n) is 4.04. The summed E-state index contributed by atoms with van der Waals surface area (Å²) in [5, 5.41) is 25.4. The Labute approximate surface area is 239 Å². The number of aliphatic hydroxyl groups is 1. The van der Waals surface area contributed by atoms with Gasteiger partial charge in [-0.3, -0.25) is 14.0 Å². The van der Waals surface area contributed by atoms with Gasteiger partial charge in [0.2, 0.25) is 0 Å². The number of aromatic nitrogens is 9. The SMILES string of the molecule is CCn1nccc1C(=O)Nc1ncccc1-n1cnc(Cn2nc(-c3ccc(Cl)cc3)n(C[C@H](O)C(F)(F)F)c2=O)n1. The average Bonchev–Trinajstić information content (AvgIpc) is 3.70. The Morgan fingerprint density at radius 1 is 1.07 bits per heavy atom. The monoisotopic (exact) mass is 602 g/mol. The Balaban J connectivity index is 1.44. The first kappa shape index (κ1) is 28.7. The van der Waals surface area contributed by atoms with Crippen molar-refractivity contribution in [1.82, 2.24) is 43.9 Å². The average molecular weight is 603 g/mol. The first-order chi connectivity index (χ1) is 20.0. The van der Waals surface area contributed by atoms with Gasteiger partial charge in [-0.25, -0.2) is 24.1 Å². The molecule has 0 radical (unpaired) electrons. The molecule has 0 fully saturated rings. The van der Waals surface area contributed by atoms with Crippen LogP contribution in [-0.4, -0.2) is 67.2 Å². The molecule has 4 heterocycles. The molecule has 5 rings (SSSR count). The highest BCUT2D eigenvalue weighted by Crippen LogP contribution is 2.24. The summed E-state index contributed by atoms with van der Waals surface area (Å²) in [6.07, 6.45) is -3.44. The minimum Gasteiger partial charge on any atom is -0.382 e. The molecular weight excluding hydrogens is 581 g/mol. The molecular formula is C25H22ClF3N10O3. The van der Waals surface area contributed by atoms with Gasteiger partial charge in [0.15, 0.2) is 23.6 Å². The molecule has 0 unspecified atom stereocenters. The van der Waals surface area contributed by atoms with Crippen molar-refractivity contribution in [2.24, 2.45) is 0 Å². The number of pyridine rings is 1. The van der Waals surface area contributed by atoms with Crippen molar-refractivity contribution in [3.05, 3.63) is 88.2 Å². The van der Waals surface area contributed by atoms with Gasteiger partial charge >= 0.3 is 11.9 Å². The number of alkyl halides is 3. The molecule has 42 heavy (non-hydrogen) atoms. The van der Waals surface area contributed by atoms with Gasteiger partial charge in [-0.1, -0.05) is 11.6 Å². The van der Waals surface area contributed by atoms with E-state index < -0.39 is 30.4 Å². The Kier molecular flexibility index (Phi) is 7.91. The van der Waals surface area contributed by atoms with E-state index in [2.05, 4.69) is 30.6 Å². The molecule has 0 spiro atoms. The number of nitrogens with zero attached hydrogens (tertiary/aromatic N) is 9. The van der Waals surface area contributed by atoms with Gasteiger partial charge in [0.25, 0.3) is 5.91 Å². The van der Waals surface area contributed by atoms with Gasteiger partial charge in [-0.05, 0) is 49.4 Å². The topological polar surface area (TPSA) is 151 Å². The van der Waals surface area contributed by atoms with E-state index in [9.17, 15) is 27.9 Å². The number of hydrogen-bond acceptors (Lipinski definition) is 8. The first-order valence-corrected chi connectivity index (χ1v) is 12.8. The van der Waals surface area contributed by atoms with Crippen LogP contribution in [0.25, 0.3) is 17.1 Å². The molecule has 1 atom stereocenters. The Hall–Kier alpha value is -4.83. The van der Waals surface area contributed by atoms with E-state index in [-0.39, 0.29) is 24.0 Å². The predicted octanol–water partition coefficient (Wildman–Crippen LogP) is 2.78. The van der Waals surface area contributed by atoms with Crippen LogP contribution in [0, 0.1) is 0 Å². The molecule has 0 aliphatic heterocycles. The van der Waals surface area contributed by atoms with Crippen molar-refractivity contribution >= 4 is 23.3 Å². The molecule has 5 aromatic rings. The summed E-state index contributed by atoms with van der Waals surface area (Å²) in [5.41, 5.74) is 0.0837. The van der Waals surface area contributed by atoms with Gasteiger partial charge in [-0.15, -0.1) is 10.2 Å². The van der Waals surface area contributed by atoms with Gasteiger partial charge in [-0.2, -0.15) is 18.3 Å². The normalized spacial score (nSPS) is 12.4. The van der Waals surface area contributed by atoms with Crippen LogP contribution in [0.2, 0.25) is 5.02 Å². The summed E-state index contributed by atoms with van der Waals surface area (Å²) in [6, 6.07) is 10.8. The lowest BCUT2D eigenvalue weighted by Crippen LogP contribution is -2.37. The van der Waals surface area contributed by atoms with Crippen molar-refractivity contribution in [3.63, 3.8) is 0 Å². The molecule has 0 bridgehead atoms. The van der Waals surface area contributed by atoms with E-state index in [0.717, 1.165) is 9.25 Å². The van der Waals surface area contributed by atoms with Crippen LogP contribution >= 0.6 is 11.6 Å². The Morgan fingerprint density at radius 3 is 2.55 bits per heavy atom. The first-order valence-electron chi connectivity index (χ1n) is 12.4. The van der Waals surface area contributed by atoms with Crippen LogP contribution in [-0.2, 0) is 19.6 Å². The van der Waals surface area contributed by atoms with Crippen molar-refractivity contribution in [2.75, 3.05) is 5.32 Å². The van der Waals surface area contributed by atoms with Crippen molar-refractivity contribution in [2.45, 2.75) is 38.8 Å². The van der Waals surface area contributed by atoms with Crippen LogP contribution in [0.1, 0.15) is 23.2 Å². The lowest BCUT2D eigenvalue weighted by molar-refractivity contribution is -0.207. The second-order valence-corrected chi connectivity index (χ2v) is 9.34. The largest absolute Gasteiger partial charge is 0.416 e. The van der Waals surface area contributed by atoms with Gasteiger partial charge in [0.05, 0.1) is 6.54 Å². The third-order valence-corrected chi connectivity index (χ3v) is 6.35. The smallest absolute Gasteiger partial charge is 0.382 e. The number of hydrogen-bond donors (Lipinski definition) is 2. The molecule has 17 heteroatoms. The number of halogens is 4. The second-order valence-electron chi connectivity index (χ2n) is 8.90. The van der Waals surface area contributed by atoms with E-state index in [0.29, 0.717) is 28.5 Å². The minimum absolute atomic E-state index is 0.0889. The van der Waals surface area contributed by atoms with E-state index in [4.69, 9.17) is 11.6 Å². The highest BCUT2D eigenvalue weighted by atomic mass is 35.5. The van der Waals surface area contributed by atoms with Crippen LogP contribution in [0.5, 0.6) is 0 Å². The summed E-state index contributed by atoms with van der Waals surface area (Å²) in [7, 11) is 0. The zero-order valence-corrected chi connectivity index (χ0v) is 22.5. The Bertz CT molecular complexity index is 1780. The molecule has 0 saturated carbocycles. The molecule has 0 aliphatic carbocycles. The molecule has 13 nitrogen and oxygen atoms in total. The van der Waals surface area contributed by atoms with Crippen molar-refractivity contribution < 1.29 is 23.1 Å². The number of anilines is 1. The third-order valence-electron chi connectivity index (χ3n) is 6.10. The molecule has 4 aromatic heterocycles. The number of nitrogens with one attached hydrogen (secondary N) is 1. The van der Waals surface area contributed by atoms with Crippen LogP contribution in [0.4, 0.5) is 19.0 Å². The van der Waals surface area contributed by atoms with E-state index >= 15 is 0 Å². The summed E-state index contributed by atoms with van der Waals surface area (Å²) in [4.78, 5) is 34.4. The van der Waals surface area contributed by atoms with Gasteiger partial charge in [0.1, 0.15) is 24.3 Å². The highest BCUT2D eigenvalue weighted by molar-refractivity contribution is 6.30. The summed E-state index contributed by atoms with van der Waals surface area (Å²) in [5.74, 6) is -0.285. The number of amides is 1. The minimum atomic E-state index is -4.95. The zero-order chi connectivity index (χ0) is 30.0. The summed E-state index contributed by atoms with van der Waals surface area (Å²) in [6.45, 7) is 0.955. The molecule has 1 aromatic carbocycles. The number of carbonyl (C=O) groups excluding carboxylic acids is 1. The molecule has 0 saturated heterocycles. The maximum atomic E-state index is 13.1. The quantitative estimate of drug-likeness (QED) is 0.261. The zero-order valence-electron chi connectivity index (χ0n) is 21.8. The number of carbonyl (C=O) groups is 1. The lowest BCUT2D eigenvalue weighted by Gasteiger charge is -2.15. The number of rotatable bonds is 9. The maximum Gasteiger partial charge on any atom is 0.416 e. The number of benzene rings is 1. The summed E-state index contributed by atoms with van der Waals surface area (Å²) >= 11 is 5.92. The molecule has 1 amide bonds. The molecule has 218 valence electrons. The van der Waals surface area contributed by atoms with Crippen LogP contribution in [0.15, 0.2) is 66.0 Å². The van der Waals surface area contributed by atoms with Crippen molar-refractivity contribution in [1.29, 1.82) is 0 Å². The van der Waals surface area contributed by atoms with Crippen LogP contribution in [0.3, 0.4) is 0 Å². The highest BCUT2D eigenvalue weighted by Gasteiger charge is 2.39. The Morgan fingerprint density at radius 2 is 1.83 bits per heavy atom. The molecule has 0 aliphatic rings. The second kappa shape index (κ2) is 11.6. The lowest BCUT2D eigenvalue weighted by atomic mass is 10.2. The van der Waals surface area contributed by atoms with Gasteiger partial charge < -0.3 is 10.4 Å². The fourth-order valence-corrected chi connectivity index (χ4v) is 4.17. The number of aryl methyl sites for hydroxylation is 1. The maximum absolute atomic E-state index is 13.1. The fraction of sp³-hybridized carbons (Fsp3) is 0.240. The van der Waals surface area contributed by atoms with E-state index in [1.807, 2.05) is 6.92 Å². The van der Waals surface area contributed by atoms with Crippen molar-refractivity contribution in [3.8, 4) is 17.1 Å². The predicted molar refractivity (Wildman–Crippen MR) is 143 cm³/mol. The van der Waals surface area contributed by atoms with Crippen LogP contribution < -0.4 is 11.0 Å². The molecule has 2 N–H and O–H groups in total. The van der Waals surface area contributed by atoms with Gasteiger partial charge in [0, 0.05) is 29.5 Å².